The number of hydrogen-bond acceptors (Lipinski definition) is 4. The van der Waals surface area contributed by atoms with Gasteiger partial charge in [-0.25, -0.2) is 4.79 Å². The van der Waals surface area contributed by atoms with Crippen molar-refractivity contribution < 1.29 is 14.4 Å². The summed E-state index contributed by atoms with van der Waals surface area (Å²) in [5.41, 5.74) is 2.13. The highest BCUT2D eigenvalue weighted by Gasteiger charge is 2.55. The molecule has 1 saturated heterocycles. The summed E-state index contributed by atoms with van der Waals surface area (Å²) in [5.74, 6) is -0.397. The van der Waals surface area contributed by atoms with Gasteiger partial charge in [0.15, 0.2) is 0 Å². The minimum absolute atomic E-state index is 0.0840. The Labute approximate surface area is 188 Å². The number of aryl methyl sites for hydroxylation is 1. The lowest BCUT2D eigenvalue weighted by molar-refractivity contribution is -0.140. The first-order valence-electron chi connectivity index (χ1n) is 11.4. The molecule has 170 valence electrons. The van der Waals surface area contributed by atoms with Crippen molar-refractivity contribution in [2.24, 2.45) is 5.92 Å². The summed E-state index contributed by atoms with van der Waals surface area (Å²) in [6.07, 6.45) is 5.04. The molecule has 8 nitrogen and oxygen atoms in total. The highest BCUT2D eigenvalue weighted by Crippen LogP contribution is 2.38. The molecule has 1 aromatic carbocycles. The number of likely N-dealkylation sites (N-methyl/N-ethyl adjacent to an activating group) is 1. The number of H-pyrrole nitrogens is 1. The summed E-state index contributed by atoms with van der Waals surface area (Å²) in [5, 5.41) is 10.3. The minimum Gasteiger partial charge on any atom is -0.344 e. The number of aromatic nitrogens is 2. The molecule has 2 heterocycles. The van der Waals surface area contributed by atoms with Gasteiger partial charge in [0.2, 0.25) is 5.91 Å². The second kappa shape index (κ2) is 9.14. The molecule has 32 heavy (non-hydrogen) atoms. The zero-order valence-corrected chi connectivity index (χ0v) is 18.8. The van der Waals surface area contributed by atoms with Crippen LogP contribution >= 0.6 is 0 Å². The van der Waals surface area contributed by atoms with Crippen LogP contribution < -0.4 is 5.32 Å². The number of aromatic amines is 1. The van der Waals surface area contributed by atoms with Gasteiger partial charge in [0, 0.05) is 24.8 Å². The number of hydrogen-bond donors (Lipinski definition) is 2. The largest absolute Gasteiger partial charge is 0.344 e. The Kier molecular flexibility index (Phi) is 6.30. The normalized spacial score (nSPS) is 22.9. The van der Waals surface area contributed by atoms with Crippen LogP contribution in [0.2, 0.25) is 0 Å². The van der Waals surface area contributed by atoms with Crippen LogP contribution in [-0.4, -0.2) is 63.5 Å². The molecule has 0 radical (unpaired) electrons. The number of benzene rings is 1. The Hall–Kier alpha value is -3.16. The van der Waals surface area contributed by atoms with Gasteiger partial charge in [-0.2, -0.15) is 5.10 Å². The topological polar surface area (TPSA) is 98.4 Å². The van der Waals surface area contributed by atoms with Gasteiger partial charge < -0.3 is 10.2 Å². The molecule has 1 aliphatic carbocycles. The fourth-order valence-corrected chi connectivity index (χ4v) is 4.77. The first-order chi connectivity index (χ1) is 15.4. The molecule has 2 atom stereocenters. The summed E-state index contributed by atoms with van der Waals surface area (Å²) in [6.45, 7) is 2.33. The number of imide groups is 1. The zero-order valence-electron chi connectivity index (χ0n) is 18.8. The van der Waals surface area contributed by atoms with Crippen LogP contribution in [0.4, 0.5) is 4.79 Å². The molecule has 1 aromatic heterocycles. The van der Waals surface area contributed by atoms with Gasteiger partial charge in [-0.15, -0.1) is 0 Å². The Balaban J connectivity index is 1.28. The molecule has 2 aromatic rings. The summed E-state index contributed by atoms with van der Waals surface area (Å²) in [7, 11) is 1.71. The molecule has 1 saturated carbocycles. The van der Waals surface area contributed by atoms with Crippen LogP contribution in [0.3, 0.4) is 0 Å². The number of nitrogens with zero attached hydrogens (tertiary/aromatic N) is 3. The van der Waals surface area contributed by atoms with Gasteiger partial charge in [-0.3, -0.25) is 19.6 Å². The third-order valence-corrected chi connectivity index (χ3v) is 6.86. The third-order valence-electron chi connectivity index (χ3n) is 6.86. The van der Waals surface area contributed by atoms with Crippen molar-refractivity contribution in [1.82, 2.24) is 25.3 Å². The molecule has 2 unspecified atom stereocenters. The lowest BCUT2D eigenvalue weighted by atomic mass is 9.73. The number of nitrogens with one attached hydrogen (secondary N) is 2. The second-order valence-electron chi connectivity index (χ2n) is 9.00. The van der Waals surface area contributed by atoms with Crippen molar-refractivity contribution in [3.05, 3.63) is 42.1 Å². The predicted octanol–water partition coefficient (Wildman–Crippen LogP) is 2.97. The molecular weight excluding hydrogens is 406 g/mol. The van der Waals surface area contributed by atoms with Gasteiger partial charge in [0.25, 0.3) is 5.91 Å². The molecule has 2 fully saturated rings. The van der Waals surface area contributed by atoms with Crippen molar-refractivity contribution in [3.8, 4) is 11.3 Å². The molecule has 8 heteroatoms. The van der Waals surface area contributed by atoms with E-state index in [1.807, 2.05) is 43.3 Å². The Morgan fingerprint density at radius 3 is 2.78 bits per heavy atom. The van der Waals surface area contributed by atoms with Gasteiger partial charge >= 0.3 is 6.03 Å². The van der Waals surface area contributed by atoms with Crippen LogP contribution in [0.1, 0.15) is 44.7 Å². The summed E-state index contributed by atoms with van der Waals surface area (Å²) in [4.78, 5) is 40.9. The van der Waals surface area contributed by atoms with E-state index in [-0.39, 0.29) is 24.3 Å². The lowest BCUT2D eigenvalue weighted by Gasteiger charge is -2.36. The monoisotopic (exact) mass is 437 g/mol. The smallest absolute Gasteiger partial charge is 0.325 e. The van der Waals surface area contributed by atoms with Crippen LogP contribution in [0.15, 0.2) is 36.4 Å². The number of carbonyl (C=O) groups excluding carboxylic acids is 3. The molecule has 4 amide bonds. The molecular formula is C24H31N5O3. The maximum atomic E-state index is 13.0. The molecule has 2 N–H and O–H groups in total. The van der Waals surface area contributed by atoms with Crippen molar-refractivity contribution >= 4 is 17.8 Å². The van der Waals surface area contributed by atoms with Crippen LogP contribution in [0.25, 0.3) is 11.3 Å². The van der Waals surface area contributed by atoms with E-state index in [2.05, 4.69) is 15.5 Å². The molecule has 1 spiro atoms. The zero-order chi connectivity index (χ0) is 22.7. The second-order valence-corrected chi connectivity index (χ2v) is 9.00. The molecule has 4 rings (SSSR count). The highest BCUT2D eigenvalue weighted by molar-refractivity contribution is 6.09. The predicted molar refractivity (Wildman–Crippen MR) is 121 cm³/mol. The average Bonchev–Trinajstić information content (AvgIpc) is 3.35. The van der Waals surface area contributed by atoms with Crippen molar-refractivity contribution in [2.75, 3.05) is 20.1 Å². The third kappa shape index (κ3) is 4.26. The first kappa shape index (κ1) is 22.0. The summed E-state index contributed by atoms with van der Waals surface area (Å²) in [6, 6.07) is 11.5. The fourth-order valence-electron chi connectivity index (χ4n) is 4.77. The molecule has 0 bridgehead atoms. The van der Waals surface area contributed by atoms with E-state index in [4.69, 9.17) is 0 Å². The van der Waals surface area contributed by atoms with Gasteiger partial charge in [0.05, 0.1) is 5.69 Å². The van der Waals surface area contributed by atoms with E-state index in [0.717, 1.165) is 54.0 Å². The van der Waals surface area contributed by atoms with Crippen LogP contribution in [0, 0.1) is 5.92 Å². The number of amides is 4. The SMILES string of the molecule is CC1CCCCC12NC(=O)N(CC(=O)N(C)CCCc1cc(-c3ccccc3)n[nH]1)C2=O. The van der Waals surface area contributed by atoms with E-state index in [0.29, 0.717) is 13.0 Å². The fraction of sp³-hybridized carbons (Fsp3) is 0.500. The van der Waals surface area contributed by atoms with Gasteiger partial charge in [-0.1, -0.05) is 50.1 Å². The Morgan fingerprint density at radius 2 is 2.03 bits per heavy atom. The van der Waals surface area contributed by atoms with Crippen molar-refractivity contribution in [3.63, 3.8) is 0 Å². The quantitative estimate of drug-likeness (QED) is 0.651. The highest BCUT2D eigenvalue weighted by atomic mass is 16.2. The van der Waals surface area contributed by atoms with E-state index in [1.165, 1.54) is 0 Å². The van der Waals surface area contributed by atoms with E-state index < -0.39 is 11.6 Å². The van der Waals surface area contributed by atoms with E-state index in [1.54, 1.807) is 11.9 Å². The Bertz CT molecular complexity index is 989. The van der Waals surface area contributed by atoms with Crippen molar-refractivity contribution in [1.29, 1.82) is 0 Å². The standard InChI is InChI=1S/C24H31N5O3/c1-17-9-6-7-13-24(17)22(31)29(23(32)25-24)16-21(30)28(2)14-8-12-19-15-20(27-26-19)18-10-4-3-5-11-18/h3-5,10-11,15,17H,6-9,12-14,16H2,1-2H3,(H,25,32)(H,26,27). The maximum Gasteiger partial charge on any atom is 0.325 e. The molecule has 2 aliphatic rings. The van der Waals surface area contributed by atoms with Gasteiger partial charge in [-0.05, 0) is 37.7 Å². The van der Waals surface area contributed by atoms with Crippen molar-refractivity contribution in [2.45, 2.75) is 51.0 Å². The van der Waals surface area contributed by atoms with E-state index >= 15 is 0 Å². The lowest BCUT2D eigenvalue weighted by Crippen LogP contribution is -2.54. The van der Waals surface area contributed by atoms with E-state index in [9.17, 15) is 14.4 Å². The first-order valence-corrected chi connectivity index (χ1v) is 11.4. The Morgan fingerprint density at radius 1 is 1.25 bits per heavy atom. The van der Waals surface area contributed by atoms with Crippen LogP contribution in [-0.2, 0) is 16.0 Å². The minimum atomic E-state index is -0.828. The van der Waals surface area contributed by atoms with Gasteiger partial charge in [0.1, 0.15) is 12.1 Å². The summed E-state index contributed by atoms with van der Waals surface area (Å²) < 4.78 is 0. The average molecular weight is 438 g/mol. The number of urea groups is 1. The number of carbonyl (C=O) groups is 3. The number of rotatable bonds is 7. The molecule has 1 aliphatic heterocycles. The summed E-state index contributed by atoms with van der Waals surface area (Å²) >= 11 is 0. The maximum absolute atomic E-state index is 13.0. The van der Waals surface area contributed by atoms with Crippen LogP contribution in [0.5, 0.6) is 0 Å².